The van der Waals surface area contributed by atoms with Crippen LogP contribution in [0.25, 0.3) is 11.4 Å². The Balaban J connectivity index is 1.70. The van der Waals surface area contributed by atoms with Crippen LogP contribution in [0.4, 0.5) is 105 Å². The number of hydrogen-bond acceptors (Lipinski definition) is 2. The molecule has 2 nitrogen and oxygen atoms in total. The summed E-state index contributed by atoms with van der Waals surface area (Å²) in [6.45, 7) is 0. The number of alkyl halides is 24. The van der Waals surface area contributed by atoms with Gasteiger partial charge in [0.25, 0.3) is 0 Å². The highest BCUT2D eigenvalue weighted by Gasteiger charge is 2.43. The first kappa shape index (κ1) is 49.4. The quantitative estimate of drug-likeness (QED) is 0.160. The molecular formula is C42H14F24N2. The third-order valence-corrected chi connectivity index (χ3v) is 10.1. The Bertz CT molecular complexity index is 2750. The van der Waals surface area contributed by atoms with Crippen molar-refractivity contribution < 1.29 is 105 Å². The molecule has 0 aromatic heterocycles. The van der Waals surface area contributed by atoms with Gasteiger partial charge in [-0.3, -0.25) is 0 Å². The number of benzene rings is 5. The second-order valence-corrected chi connectivity index (χ2v) is 14.7. The summed E-state index contributed by atoms with van der Waals surface area (Å²) in [6, 6.07) is -1.00. The highest BCUT2D eigenvalue weighted by molar-refractivity contribution is 6.21. The molecule has 7 rings (SSSR count). The average molecular weight is 1000 g/mol. The lowest BCUT2D eigenvalue weighted by Crippen LogP contribution is -2.25. The molecule has 0 atom stereocenters. The van der Waals surface area contributed by atoms with E-state index in [2.05, 4.69) is 9.98 Å². The standard InChI is InChI=1S/C42H14F24N2/c43-35(44,45)19-1-15(2-20(9-19)36(46,47)48)31-27-13-29-30(14-28(27)32(67-31)16-3-21(37(49,50)51)10-22(4-16)38(52,53)54)34(18-7-25(41(61,62)63)12-26(8-18)42(64,65)66)68-33(29)17-5-23(39(55,56)57)11-24(6-17)40(58,59)60/h1-14H. The normalized spacial score (nSPS) is 15.2. The fraction of sp³-hybridized carbons (Fsp3) is 0.190. The zero-order chi connectivity index (χ0) is 50.9. The molecule has 0 saturated heterocycles. The molecule has 0 aliphatic carbocycles. The van der Waals surface area contributed by atoms with Crippen LogP contribution in [0, 0.1) is 0 Å². The van der Waals surface area contributed by atoms with Crippen molar-refractivity contribution in [3.8, 4) is 0 Å². The molecule has 0 N–H and O–H groups in total. The van der Waals surface area contributed by atoms with Crippen LogP contribution in [0.3, 0.4) is 0 Å². The van der Waals surface area contributed by atoms with Crippen LogP contribution >= 0.6 is 0 Å². The van der Waals surface area contributed by atoms with E-state index in [0.29, 0.717) is 12.1 Å². The summed E-state index contributed by atoms with van der Waals surface area (Å²) >= 11 is 0. The number of halogens is 24. The Kier molecular flexibility index (Phi) is 11.3. The molecule has 2 aliphatic rings. The fourth-order valence-electron chi connectivity index (χ4n) is 7.09. The summed E-state index contributed by atoms with van der Waals surface area (Å²) in [5.74, 6) is 0. The number of nitrogens with zero attached hydrogens (tertiary/aromatic N) is 2. The molecule has 0 fully saturated rings. The second-order valence-electron chi connectivity index (χ2n) is 14.7. The van der Waals surface area contributed by atoms with Gasteiger partial charge in [-0.2, -0.15) is 105 Å². The predicted molar refractivity (Wildman–Crippen MR) is 188 cm³/mol. The van der Waals surface area contributed by atoms with Gasteiger partial charge in [0.1, 0.15) is 0 Å². The maximum atomic E-state index is 14.1. The van der Waals surface area contributed by atoms with Gasteiger partial charge < -0.3 is 0 Å². The molecule has 0 bridgehead atoms. The predicted octanol–water partition coefficient (Wildman–Crippen LogP) is 13.9. The fourth-order valence-corrected chi connectivity index (χ4v) is 7.09. The number of rotatable bonds is 4. The maximum Gasteiger partial charge on any atom is 0.416 e. The highest BCUT2D eigenvalue weighted by atomic mass is 19.4. The van der Waals surface area contributed by atoms with E-state index in [0.717, 1.165) is 0 Å². The van der Waals surface area contributed by atoms with Crippen molar-refractivity contribution >= 4 is 22.8 Å². The molecular weight excluding hydrogens is 988 g/mol. The molecule has 0 radical (unpaired) electrons. The zero-order valence-corrected chi connectivity index (χ0v) is 32.0. The third-order valence-electron chi connectivity index (χ3n) is 10.1. The van der Waals surface area contributed by atoms with E-state index < -0.39 is 185 Å². The average Bonchev–Trinajstić information content (AvgIpc) is 3.75. The number of hydrogen-bond donors (Lipinski definition) is 0. The molecule has 360 valence electrons. The largest absolute Gasteiger partial charge is 0.416 e. The van der Waals surface area contributed by atoms with Gasteiger partial charge in [-0.05, 0) is 84.9 Å². The van der Waals surface area contributed by atoms with Crippen LogP contribution in [0.5, 0.6) is 0 Å². The van der Waals surface area contributed by atoms with E-state index in [-0.39, 0.29) is 48.5 Å². The van der Waals surface area contributed by atoms with Crippen molar-refractivity contribution in [2.45, 2.75) is 49.4 Å². The van der Waals surface area contributed by atoms with Crippen LogP contribution in [0.15, 0.2) is 94.9 Å². The van der Waals surface area contributed by atoms with Crippen LogP contribution in [0.2, 0.25) is 0 Å². The molecule has 0 saturated carbocycles. The minimum Gasteiger partial charge on any atom is -0.246 e. The summed E-state index contributed by atoms with van der Waals surface area (Å²) < 4.78 is 338. The summed E-state index contributed by atoms with van der Waals surface area (Å²) in [4.78, 5) is 7.66. The van der Waals surface area contributed by atoms with Gasteiger partial charge in [0.15, 0.2) is 0 Å². The van der Waals surface area contributed by atoms with Gasteiger partial charge in [-0.25, -0.2) is 9.98 Å². The minimum absolute atomic E-state index is 0.0302. The van der Waals surface area contributed by atoms with E-state index in [1.165, 1.54) is 0 Å². The monoisotopic (exact) mass is 1000 g/mol. The van der Waals surface area contributed by atoms with E-state index in [1.807, 2.05) is 0 Å². The third kappa shape index (κ3) is 9.62. The molecule has 2 heterocycles. The van der Waals surface area contributed by atoms with Gasteiger partial charge in [0.05, 0.1) is 67.3 Å². The summed E-state index contributed by atoms with van der Waals surface area (Å²) in [5.41, 5.74) is -28.4. The molecule has 2 aliphatic heterocycles. The molecule has 5 aromatic carbocycles. The molecule has 0 amide bonds. The van der Waals surface area contributed by atoms with Crippen molar-refractivity contribution in [1.29, 1.82) is 0 Å². The van der Waals surface area contributed by atoms with Crippen molar-refractivity contribution in [2.24, 2.45) is 9.98 Å². The lowest BCUT2D eigenvalue weighted by atomic mass is 9.91. The van der Waals surface area contributed by atoms with Crippen LogP contribution < -0.4 is 10.4 Å². The van der Waals surface area contributed by atoms with Crippen molar-refractivity contribution in [3.05, 3.63) is 173 Å². The molecule has 68 heavy (non-hydrogen) atoms. The van der Waals surface area contributed by atoms with Crippen LogP contribution in [0.1, 0.15) is 77.9 Å². The van der Waals surface area contributed by atoms with Gasteiger partial charge in [-0.15, -0.1) is 0 Å². The van der Waals surface area contributed by atoms with Crippen LogP contribution in [-0.4, -0.2) is 11.4 Å². The molecule has 26 heteroatoms. The first-order valence-electron chi connectivity index (χ1n) is 18.0. The van der Waals surface area contributed by atoms with Crippen molar-refractivity contribution in [3.63, 3.8) is 0 Å². The van der Waals surface area contributed by atoms with Gasteiger partial charge in [-0.1, -0.05) is 0 Å². The number of aliphatic imine (C=N–C) groups is 2. The Hall–Kier alpha value is -6.50. The number of fused-ring (bicyclic) bond motifs is 2. The SMILES string of the molecule is FC(F)(F)c1cc(C2=NC(c3cc(C(F)(F)F)cc(C(F)(F)F)c3)=c3cc4c(cc32)=C(c2cc(C(F)(F)F)cc(C(F)(F)F)c2)N=C4c2cc(C(F)(F)F)cc(C(F)(F)F)c2)cc(C(F)(F)F)c1. The lowest BCUT2D eigenvalue weighted by molar-refractivity contribution is -0.144. The highest BCUT2D eigenvalue weighted by Crippen LogP contribution is 2.43. The summed E-state index contributed by atoms with van der Waals surface area (Å²) in [5, 5.41) is -1.87. The Labute approximate surface area is 360 Å². The second kappa shape index (κ2) is 15.5. The van der Waals surface area contributed by atoms with E-state index in [4.69, 9.17) is 0 Å². The van der Waals surface area contributed by atoms with Gasteiger partial charge >= 0.3 is 49.4 Å². The Morgan fingerprint density at radius 2 is 0.397 bits per heavy atom. The van der Waals surface area contributed by atoms with E-state index in [9.17, 15) is 105 Å². The van der Waals surface area contributed by atoms with Crippen molar-refractivity contribution in [1.82, 2.24) is 0 Å². The first-order chi connectivity index (χ1) is 30.7. The molecule has 0 spiro atoms. The van der Waals surface area contributed by atoms with Gasteiger partial charge in [0.2, 0.25) is 0 Å². The topological polar surface area (TPSA) is 24.7 Å². The first-order valence-corrected chi connectivity index (χ1v) is 18.0. The zero-order valence-electron chi connectivity index (χ0n) is 32.0. The van der Waals surface area contributed by atoms with E-state index >= 15 is 0 Å². The van der Waals surface area contributed by atoms with Gasteiger partial charge in [0, 0.05) is 43.8 Å². The molecule has 5 aromatic rings. The minimum atomic E-state index is -5.64. The maximum absolute atomic E-state index is 14.1. The Morgan fingerprint density at radius 3 is 0.574 bits per heavy atom. The summed E-state index contributed by atoms with van der Waals surface area (Å²) in [6.07, 6.45) is -45.2. The summed E-state index contributed by atoms with van der Waals surface area (Å²) in [7, 11) is 0. The van der Waals surface area contributed by atoms with E-state index in [1.54, 1.807) is 0 Å². The smallest absolute Gasteiger partial charge is 0.246 e. The van der Waals surface area contributed by atoms with Crippen molar-refractivity contribution in [2.75, 3.05) is 0 Å². The Morgan fingerprint density at radius 1 is 0.221 bits per heavy atom. The van der Waals surface area contributed by atoms with Crippen LogP contribution in [-0.2, 0) is 49.4 Å². The molecule has 0 unspecified atom stereocenters. The lowest BCUT2D eigenvalue weighted by Gasteiger charge is -2.15.